The Morgan fingerprint density at radius 1 is 1.30 bits per heavy atom. The summed E-state index contributed by atoms with van der Waals surface area (Å²) in [6, 6.07) is 4.90. The highest BCUT2D eigenvalue weighted by molar-refractivity contribution is 7.80. The summed E-state index contributed by atoms with van der Waals surface area (Å²) in [5.74, 6) is 0. The van der Waals surface area contributed by atoms with Crippen LogP contribution < -0.4 is 10.7 Å². The molecular weight excluding hydrogens is 373 g/mol. The van der Waals surface area contributed by atoms with Crippen LogP contribution in [0.2, 0.25) is 0 Å². The first-order valence-electron chi connectivity index (χ1n) is 8.81. The van der Waals surface area contributed by atoms with Gasteiger partial charge in [-0.1, -0.05) is 13.0 Å². The Morgan fingerprint density at radius 3 is 2.78 bits per heavy atom. The van der Waals surface area contributed by atoms with Crippen molar-refractivity contribution in [2.45, 2.75) is 45.7 Å². The Balaban J connectivity index is 1.74. The van der Waals surface area contributed by atoms with E-state index in [0.717, 1.165) is 54.8 Å². The van der Waals surface area contributed by atoms with Crippen molar-refractivity contribution in [3.05, 3.63) is 52.3 Å². The molecule has 144 valence electrons. The molecule has 0 amide bonds. The minimum absolute atomic E-state index is 0.152. The van der Waals surface area contributed by atoms with Gasteiger partial charge in [0.1, 0.15) is 0 Å². The average molecular weight is 394 g/mol. The molecule has 1 aliphatic rings. The summed E-state index contributed by atoms with van der Waals surface area (Å²) in [6.07, 6.45) is -0.680. The minimum atomic E-state index is -4.39. The fourth-order valence-corrected chi connectivity index (χ4v) is 3.60. The Morgan fingerprint density at radius 2 is 2.07 bits per heavy atom. The summed E-state index contributed by atoms with van der Waals surface area (Å²) < 4.78 is 38.4. The monoisotopic (exact) mass is 394 g/mol. The molecule has 0 atom stereocenters. The second-order valence-electron chi connectivity index (χ2n) is 6.49. The number of halogens is 3. The van der Waals surface area contributed by atoms with Gasteiger partial charge >= 0.3 is 6.18 Å². The van der Waals surface area contributed by atoms with E-state index in [1.165, 1.54) is 23.4 Å². The number of hydrogen-bond donors (Lipinski definition) is 3. The maximum atomic E-state index is 12.8. The Labute approximate surface area is 161 Å². The van der Waals surface area contributed by atoms with Crippen molar-refractivity contribution >= 4 is 28.7 Å². The molecule has 3 rings (SSSR count). The van der Waals surface area contributed by atoms with Gasteiger partial charge in [0.25, 0.3) is 0 Å². The summed E-state index contributed by atoms with van der Waals surface area (Å²) in [7, 11) is 0. The van der Waals surface area contributed by atoms with Crippen LogP contribution in [0.25, 0.3) is 0 Å². The number of anilines is 1. The van der Waals surface area contributed by atoms with Crippen LogP contribution in [0.5, 0.6) is 0 Å². The van der Waals surface area contributed by atoms with Gasteiger partial charge in [-0.2, -0.15) is 18.3 Å². The maximum absolute atomic E-state index is 12.8. The second kappa shape index (κ2) is 7.72. The molecule has 3 N–H and O–H groups in total. The zero-order valence-corrected chi connectivity index (χ0v) is 15.9. The maximum Gasteiger partial charge on any atom is 0.416 e. The van der Waals surface area contributed by atoms with Gasteiger partial charge in [-0.3, -0.25) is 5.43 Å². The molecule has 0 aliphatic heterocycles. The van der Waals surface area contributed by atoms with Crippen molar-refractivity contribution in [2.75, 3.05) is 5.32 Å². The highest BCUT2D eigenvalue weighted by Gasteiger charge is 2.30. The number of nitrogens with zero attached hydrogens (tertiary/aromatic N) is 1. The molecule has 0 saturated heterocycles. The van der Waals surface area contributed by atoms with Crippen LogP contribution in [0.1, 0.15) is 47.8 Å². The van der Waals surface area contributed by atoms with E-state index < -0.39 is 11.7 Å². The van der Waals surface area contributed by atoms with E-state index in [2.05, 4.69) is 34.7 Å². The second-order valence-corrected chi connectivity index (χ2v) is 6.90. The Bertz CT molecular complexity index is 884. The largest absolute Gasteiger partial charge is 0.416 e. The van der Waals surface area contributed by atoms with Gasteiger partial charge in [0.05, 0.1) is 11.3 Å². The molecule has 0 bridgehead atoms. The molecule has 1 aromatic carbocycles. The van der Waals surface area contributed by atoms with E-state index in [0.29, 0.717) is 0 Å². The smallest absolute Gasteiger partial charge is 0.362 e. The first kappa shape index (κ1) is 19.4. The summed E-state index contributed by atoms with van der Waals surface area (Å²) >= 11 is 5.19. The standard InChI is InChI=1S/C19H21F3N4S/c1-3-14-11(2)23-15-8-5-9-16(17(14)15)25-26-18(27)24-13-7-4-6-12(10-13)19(20,21)22/h4,6-7,10,23H,3,5,8-9H2,1-2H3,(H2,24,26,27)/b25-16+. The fraction of sp³-hybridized carbons (Fsp3) is 0.368. The number of rotatable bonds is 3. The number of aryl methyl sites for hydroxylation is 2. The van der Waals surface area contributed by atoms with E-state index in [9.17, 15) is 13.2 Å². The van der Waals surface area contributed by atoms with E-state index in [1.54, 1.807) is 0 Å². The highest BCUT2D eigenvalue weighted by atomic mass is 32.1. The lowest BCUT2D eigenvalue weighted by Crippen LogP contribution is -2.26. The van der Waals surface area contributed by atoms with Crippen molar-refractivity contribution in [3.63, 3.8) is 0 Å². The van der Waals surface area contributed by atoms with Crippen LogP contribution >= 0.6 is 12.2 Å². The third-order valence-corrected chi connectivity index (χ3v) is 4.81. The zero-order chi connectivity index (χ0) is 19.6. The number of nitrogens with one attached hydrogen (secondary N) is 3. The summed E-state index contributed by atoms with van der Waals surface area (Å²) in [5, 5.41) is 7.34. The first-order chi connectivity index (χ1) is 12.8. The number of aromatic nitrogens is 1. The molecule has 1 aliphatic carbocycles. The lowest BCUT2D eigenvalue weighted by atomic mass is 9.91. The predicted octanol–water partition coefficient (Wildman–Crippen LogP) is 4.93. The zero-order valence-electron chi connectivity index (χ0n) is 15.1. The number of hydrazone groups is 1. The van der Waals surface area contributed by atoms with Crippen LogP contribution in [0.4, 0.5) is 18.9 Å². The quantitative estimate of drug-likeness (QED) is 0.511. The summed E-state index contributed by atoms with van der Waals surface area (Å²) in [5.41, 5.74) is 7.97. The van der Waals surface area contributed by atoms with E-state index in [1.807, 2.05) is 0 Å². The Kier molecular flexibility index (Phi) is 5.55. The number of H-pyrrole nitrogens is 1. The van der Waals surface area contributed by atoms with E-state index in [-0.39, 0.29) is 10.8 Å². The number of alkyl halides is 3. The van der Waals surface area contributed by atoms with Gasteiger partial charge in [-0.05, 0) is 68.6 Å². The number of hydrogen-bond acceptors (Lipinski definition) is 2. The van der Waals surface area contributed by atoms with Crippen LogP contribution in [0, 0.1) is 6.92 Å². The SMILES string of the molecule is CCc1c(C)[nH]c2c1/C(=N/NC(=S)Nc1cccc(C(F)(F)F)c1)CCC2. The van der Waals surface area contributed by atoms with Crippen molar-refractivity contribution in [3.8, 4) is 0 Å². The third kappa shape index (κ3) is 4.32. The molecule has 0 radical (unpaired) electrons. The van der Waals surface area contributed by atoms with E-state index in [4.69, 9.17) is 12.2 Å². The van der Waals surface area contributed by atoms with Gasteiger partial charge in [0.15, 0.2) is 5.11 Å². The number of benzene rings is 1. The molecule has 8 heteroatoms. The van der Waals surface area contributed by atoms with Crippen molar-refractivity contribution < 1.29 is 13.2 Å². The molecule has 0 saturated carbocycles. The molecule has 4 nitrogen and oxygen atoms in total. The fourth-order valence-electron chi connectivity index (χ4n) is 3.43. The first-order valence-corrected chi connectivity index (χ1v) is 9.22. The summed E-state index contributed by atoms with van der Waals surface area (Å²) in [6.45, 7) is 4.16. The number of aromatic amines is 1. The summed E-state index contributed by atoms with van der Waals surface area (Å²) in [4.78, 5) is 3.43. The lowest BCUT2D eigenvalue weighted by molar-refractivity contribution is -0.137. The van der Waals surface area contributed by atoms with Crippen LogP contribution in [-0.2, 0) is 19.0 Å². The van der Waals surface area contributed by atoms with Crippen molar-refractivity contribution in [1.29, 1.82) is 0 Å². The average Bonchev–Trinajstić information content (AvgIpc) is 2.95. The van der Waals surface area contributed by atoms with Crippen LogP contribution in [0.3, 0.4) is 0 Å². The highest BCUT2D eigenvalue weighted by Crippen LogP contribution is 2.31. The van der Waals surface area contributed by atoms with Gasteiger partial charge in [-0.15, -0.1) is 0 Å². The number of thiocarbonyl (C=S) groups is 1. The molecule has 1 heterocycles. The molecule has 2 aromatic rings. The van der Waals surface area contributed by atoms with E-state index >= 15 is 0 Å². The molecular formula is C19H21F3N4S. The van der Waals surface area contributed by atoms with Gasteiger partial charge in [0.2, 0.25) is 0 Å². The number of fused-ring (bicyclic) bond motifs is 1. The Hall–Kier alpha value is -2.35. The molecule has 0 fully saturated rings. The van der Waals surface area contributed by atoms with Crippen LogP contribution in [-0.4, -0.2) is 15.8 Å². The molecule has 27 heavy (non-hydrogen) atoms. The van der Waals surface area contributed by atoms with Gasteiger partial charge in [-0.25, -0.2) is 0 Å². The third-order valence-electron chi connectivity index (χ3n) is 4.62. The minimum Gasteiger partial charge on any atom is -0.362 e. The molecule has 1 aromatic heterocycles. The van der Waals surface area contributed by atoms with Crippen molar-refractivity contribution in [2.24, 2.45) is 5.10 Å². The van der Waals surface area contributed by atoms with Gasteiger partial charge in [0, 0.05) is 22.6 Å². The predicted molar refractivity (Wildman–Crippen MR) is 105 cm³/mol. The lowest BCUT2D eigenvalue weighted by Gasteiger charge is -2.16. The normalized spacial score (nSPS) is 15.5. The topological polar surface area (TPSA) is 52.2 Å². The van der Waals surface area contributed by atoms with Crippen LogP contribution in [0.15, 0.2) is 29.4 Å². The van der Waals surface area contributed by atoms with Gasteiger partial charge < -0.3 is 10.3 Å². The molecule has 0 unspecified atom stereocenters. The van der Waals surface area contributed by atoms with Crippen molar-refractivity contribution in [1.82, 2.24) is 10.4 Å². The molecule has 0 spiro atoms.